The third-order valence-electron chi connectivity index (χ3n) is 20.0. The lowest BCUT2D eigenvalue weighted by atomic mass is 9.83. The first kappa shape index (κ1) is 104. The first-order chi connectivity index (χ1) is 56.1. The van der Waals surface area contributed by atoms with Gasteiger partial charge in [0.15, 0.2) is 92.0 Å². The van der Waals surface area contributed by atoms with Gasteiger partial charge in [-0.2, -0.15) is 0 Å². The van der Waals surface area contributed by atoms with Crippen LogP contribution in [0.15, 0.2) is 146 Å². The van der Waals surface area contributed by atoms with Crippen LogP contribution in [-0.4, -0.2) is 187 Å². The van der Waals surface area contributed by atoms with Gasteiger partial charge in [0, 0.05) is 70.2 Å². The van der Waals surface area contributed by atoms with Crippen molar-refractivity contribution in [3.8, 4) is 92.0 Å². The van der Waals surface area contributed by atoms with Crippen LogP contribution >= 0.6 is 93.4 Å². The van der Waals surface area contributed by atoms with Crippen LogP contribution in [-0.2, 0) is 60.6 Å². The van der Waals surface area contributed by atoms with Gasteiger partial charge in [-0.15, -0.1) is 40.2 Å². The highest BCUT2D eigenvalue weighted by molar-refractivity contribution is 9.09. The van der Waals surface area contributed by atoms with Crippen molar-refractivity contribution >= 4 is 103 Å². The molecule has 0 unspecified atom stereocenters. The number of halogens is 7. The average molecular weight is 1920 g/mol. The lowest BCUT2D eigenvalue weighted by Crippen LogP contribution is -2.26. The molecule has 0 aliphatic rings. The zero-order valence-corrected chi connectivity index (χ0v) is 78.3. The minimum atomic E-state index is -1.67. The molecule has 0 saturated heterocycles. The van der Waals surface area contributed by atoms with Gasteiger partial charge in [0.1, 0.15) is 0 Å². The van der Waals surface area contributed by atoms with E-state index in [1.165, 1.54) is 11.1 Å². The maximum Gasteiger partial charge on any atom is 0.211 e. The third-order valence-corrected chi connectivity index (χ3v) is 22.4. The van der Waals surface area contributed by atoms with E-state index in [-0.39, 0.29) is 78.9 Å². The van der Waals surface area contributed by atoms with Crippen LogP contribution < -0.4 is 75.8 Å². The van der Waals surface area contributed by atoms with Crippen LogP contribution in [0.5, 0.6) is 92.0 Å². The summed E-state index contributed by atoms with van der Waals surface area (Å²) in [6.45, 7) is -0.0839. The monoisotopic (exact) mass is 1920 g/mol. The maximum absolute atomic E-state index is 9.97. The fourth-order valence-electron chi connectivity index (χ4n) is 13.4. The predicted molar refractivity (Wildman–Crippen MR) is 481 cm³/mol. The number of alkyl halides is 4. The topological polar surface area (TPSA) is 246 Å². The molecule has 650 valence electrons. The fraction of sp³-hybridized carbons (Fsp3) is 0.455. The Bertz CT molecular complexity index is 3390. The van der Waals surface area contributed by atoms with Gasteiger partial charge >= 0.3 is 0 Å². The van der Waals surface area contributed by atoms with Gasteiger partial charge in [-0.3, -0.25) is 0 Å². The van der Waals surface area contributed by atoms with Crippen LogP contribution in [0.25, 0.3) is 0 Å². The highest BCUT2D eigenvalue weighted by Gasteiger charge is 2.28. The van der Waals surface area contributed by atoms with E-state index < -0.39 is 9.23 Å². The van der Waals surface area contributed by atoms with E-state index in [0.717, 1.165) is 104 Å². The lowest BCUT2D eigenvalue weighted by molar-refractivity contribution is 0.119. The van der Waals surface area contributed by atoms with Crippen LogP contribution in [0, 0.1) is 47.3 Å². The van der Waals surface area contributed by atoms with E-state index in [2.05, 4.69) is 77.5 Å². The van der Waals surface area contributed by atoms with Gasteiger partial charge in [0.25, 0.3) is 0 Å². The first-order valence-electron chi connectivity index (χ1n) is 37.2. The van der Waals surface area contributed by atoms with Gasteiger partial charge in [0.05, 0.1) is 114 Å². The van der Waals surface area contributed by atoms with Gasteiger partial charge in [-0.1, -0.05) is 80.4 Å². The summed E-state index contributed by atoms with van der Waals surface area (Å²) < 4.78 is 94.7. The summed E-state index contributed by atoms with van der Waals surface area (Å²) in [5.74, 6) is 13.2. The Morgan fingerprint density at radius 3 is 0.470 bits per heavy atom. The van der Waals surface area contributed by atoms with E-state index in [4.69, 9.17) is 103 Å². The summed E-state index contributed by atoms with van der Waals surface area (Å²) in [5.41, 5.74) is 8.83. The van der Waals surface area contributed by atoms with E-state index in [1.807, 2.05) is 121 Å². The summed E-state index contributed by atoms with van der Waals surface area (Å²) in [6.07, 6.45) is 6.02. The first-order valence-corrected chi connectivity index (χ1v) is 43.3. The van der Waals surface area contributed by atoms with E-state index in [1.54, 1.807) is 114 Å². The van der Waals surface area contributed by atoms with Crippen molar-refractivity contribution in [3.63, 3.8) is 0 Å². The number of rotatable bonds is 44. The standard InChI is InChI=1S/C22H28Br2O4.C22H28Cl2O4.2C22H30O6.BrH.Cl2OS/c4*1-25-19-7-5-15(11-21(19)27-3)9-17(13-23)18(14-24)10-16-6-8-20(26-2)22(12-16)28-4;;1-4(2)3/h2*5-8,11-12,17-18H,9-10,13-14H2,1-4H3;2*5-8,11-12,17-18,23-24H,9-10,13-14H2,1-4H3;1H;/t4*17-,18+;;. The van der Waals surface area contributed by atoms with Gasteiger partial charge in [-0.05, 0) is 240 Å². The molecule has 0 spiro atoms. The van der Waals surface area contributed by atoms with Crippen molar-refractivity contribution in [2.45, 2.75) is 51.4 Å². The molecule has 0 saturated carbocycles. The van der Waals surface area contributed by atoms with Crippen molar-refractivity contribution < 1.29 is 100 Å². The molecule has 0 aliphatic carbocycles. The normalized spacial score (nSPS) is 12.7. The minimum Gasteiger partial charge on any atom is -0.493 e. The minimum absolute atomic E-state index is 0. The molecule has 0 amide bonds. The number of ether oxygens (including phenoxy) is 16. The maximum atomic E-state index is 9.97. The molecule has 21 nitrogen and oxygen atoms in total. The van der Waals surface area contributed by atoms with Crippen molar-refractivity contribution in [3.05, 3.63) is 190 Å². The number of hydrogen-bond donors (Lipinski definition) is 4. The zero-order chi connectivity index (χ0) is 85.7. The smallest absolute Gasteiger partial charge is 0.211 e. The molecule has 0 fully saturated rings. The van der Waals surface area contributed by atoms with E-state index >= 15 is 0 Å². The predicted octanol–water partition coefficient (Wildman–Crippen LogP) is 17.8. The Hall–Kier alpha value is -6.85. The molecule has 8 rings (SSSR count). The Kier molecular flexibility index (Phi) is 51.9. The van der Waals surface area contributed by atoms with Gasteiger partial charge < -0.3 is 96.2 Å². The Balaban J connectivity index is 0.000000396. The molecule has 8 atom stereocenters. The fourth-order valence-corrected chi connectivity index (χ4v) is 15.6. The summed E-state index contributed by atoms with van der Waals surface area (Å²) in [6, 6.07) is 47.1. The molecule has 0 heterocycles. The second-order valence-corrected chi connectivity index (χ2v) is 31.2. The van der Waals surface area contributed by atoms with Crippen LogP contribution in [0.3, 0.4) is 0 Å². The second-order valence-electron chi connectivity index (χ2n) is 26.8. The van der Waals surface area contributed by atoms with Gasteiger partial charge in [0.2, 0.25) is 9.23 Å². The molecule has 4 N–H and O–H groups in total. The van der Waals surface area contributed by atoms with E-state index in [9.17, 15) is 20.4 Å². The number of methoxy groups -OCH3 is 16. The molecular formula is C88H117Br3Cl4O21S. The lowest BCUT2D eigenvalue weighted by Gasteiger charge is -2.25. The summed E-state index contributed by atoms with van der Waals surface area (Å²) in [5, 5.41) is 41.7. The molecule has 8 aromatic rings. The molecule has 0 bridgehead atoms. The molecule has 8 aromatic carbocycles. The third kappa shape index (κ3) is 33.6. The van der Waals surface area contributed by atoms with Crippen LogP contribution in [0.1, 0.15) is 44.5 Å². The highest BCUT2D eigenvalue weighted by Crippen LogP contribution is 2.39. The number of hydrogen-bond acceptors (Lipinski definition) is 21. The molecular weight excluding hydrogens is 1810 g/mol. The molecule has 0 aliphatic heterocycles. The van der Waals surface area contributed by atoms with Crippen molar-refractivity contribution in [2.24, 2.45) is 47.3 Å². The summed E-state index contributed by atoms with van der Waals surface area (Å²) in [4.78, 5) is 0. The van der Waals surface area contributed by atoms with Crippen LogP contribution in [0.2, 0.25) is 0 Å². The second kappa shape index (κ2) is 58.2. The summed E-state index contributed by atoms with van der Waals surface area (Å²) in [7, 11) is 33.3. The Labute approximate surface area is 740 Å². The van der Waals surface area contributed by atoms with Crippen molar-refractivity contribution in [1.82, 2.24) is 0 Å². The molecule has 117 heavy (non-hydrogen) atoms. The average Bonchev–Trinajstić information content (AvgIpc) is 0.848. The molecule has 29 heteroatoms. The summed E-state index contributed by atoms with van der Waals surface area (Å²) >= 11 is 20.1. The van der Waals surface area contributed by atoms with Crippen LogP contribution in [0.4, 0.5) is 0 Å². The zero-order valence-electron chi connectivity index (χ0n) is 69.6. The Morgan fingerprint density at radius 1 is 0.248 bits per heavy atom. The van der Waals surface area contributed by atoms with Crippen molar-refractivity contribution in [1.29, 1.82) is 0 Å². The van der Waals surface area contributed by atoms with Gasteiger partial charge in [-0.25, -0.2) is 4.21 Å². The molecule has 0 aromatic heterocycles. The van der Waals surface area contributed by atoms with E-state index in [0.29, 0.717) is 107 Å². The number of aliphatic hydroxyl groups excluding tert-OH is 4. The number of aliphatic hydroxyl groups is 4. The molecule has 0 radical (unpaired) electrons. The van der Waals surface area contributed by atoms with Crippen molar-refractivity contribution in [2.75, 3.05) is 163 Å². The number of benzene rings is 8. The largest absolute Gasteiger partial charge is 0.493 e. The Morgan fingerprint density at radius 2 is 0.368 bits per heavy atom. The highest BCUT2D eigenvalue weighted by atomic mass is 79.9. The quantitative estimate of drug-likeness (QED) is 0.0205. The SMILES string of the molecule is Br.COc1ccc(C[C@@H](CBr)[C@@H](CBr)Cc2ccc(OC)c(OC)c2)cc1OC.COc1ccc(C[C@@H](CCl)[C@@H](CCl)Cc2ccc(OC)c(OC)c2)cc1OC.COc1ccc(C[C@@H](CO)[C@@H](CO)Cc2ccc(OC)c(OC)c2)cc1OC.COc1ccc(C[C@@H](CO)[C@@H](CO)Cc2ccc(OC)c(OC)c2)cc1OC.O=S(Cl)Cl.